The number of nitrogens with zero attached hydrogens (tertiary/aromatic N) is 2. The van der Waals surface area contributed by atoms with E-state index in [4.69, 9.17) is 21.3 Å². The van der Waals surface area contributed by atoms with E-state index in [0.717, 1.165) is 40.5 Å². The smallest absolute Gasteiger partial charge is 0.164 e. The van der Waals surface area contributed by atoms with Crippen LogP contribution in [0.2, 0.25) is 5.15 Å². The third kappa shape index (κ3) is 2.21. The van der Waals surface area contributed by atoms with Crippen LogP contribution in [0.1, 0.15) is 30.7 Å². The lowest BCUT2D eigenvalue weighted by Crippen LogP contribution is -2.24. The molecule has 2 aliphatic rings. The number of para-hydroxylation sites is 1. The molecule has 0 bridgehead atoms. The average Bonchev–Trinajstić information content (AvgIpc) is 3.00. The minimum absolute atomic E-state index is 0.172. The van der Waals surface area contributed by atoms with Crippen molar-refractivity contribution in [3.05, 3.63) is 40.2 Å². The molecule has 1 aromatic heterocycles. The van der Waals surface area contributed by atoms with Crippen LogP contribution in [0.4, 0.5) is 0 Å². The second-order valence-electron chi connectivity index (χ2n) is 6.09. The summed E-state index contributed by atoms with van der Waals surface area (Å²) in [5.41, 5.74) is 4.13. The first-order valence-corrected chi connectivity index (χ1v) is 8.51. The number of benzene rings is 1. The monoisotopic (exact) mass is 318 g/mol. The zero-order chi connectivity index (χ0) is 14.6. The van der Waals surface area contributed by atoms with Gasteiger partial charge in [-0.2, -0.15) is 11.8 Å². The van der Waals surface area contributed by atoms with Crippen molar-refractivity contribution in [1.82, 2.24) is 9.97 Å². The lowest BCUT2D eigenvalue weighted by atomic mass is 10.0. The molecule has 0 saturated heterocycles. The van der Waals surface area contributed by atoms with Gasteiger partial charge in [0.05, 0.1) is 11.3 Å². The van der Waals surface area contributed by atoms with Crippen LogP contribution >= 0.6 is 23.4 Å². The Kier molecular flexibility index (Phi) is 2.95. The molecule has 0 radical (unpaired) electrons. The summed E-state index contributed by atoms with van der Waals surface area (Å²) in [6, 6.07) is 6.16. The number of ether oxygens (including phenoxy) is 1. The highest BCUT2D eigenvalue weighted by Crippen LogP contribution is 2.42. The molecule has 0 amide bonds. The number of hydrogen-bond donors (Lipinski definition) is 0. The summed E-state index contributed by atoms with van der Waals surface area (Å²) in [4.78, 5) is 9.21. The molecule has 0 aliphatic carbocycles. The van der Waals surface area contributed by atoms with Gasteiger partial charge in [-0.25, -0.2) is 9.97 Å². The first-order chi connectivity index (χ1) is 10.0. The maximum absolute atomic E-state index is 6.33. The summed E-state index contributed by atoms with van der Waals surface area (Å²) < 4.78 is 6.11. The minimum Gasteiger partial charge on any atom is -0.486 e. The fourth-order valence-electron chi connectivity index (χ4n) is 2.92. The highest BCUT2D eigenvalue weighted by Gasteiger charge is 2.32. The molecule has 21 heavy (non-hydrogen) atoms. The number of aromatic nitrogens is 2. The molecular weight excluding hydrogens is 304 g/mol. The Bertz CT molecular complexity index is 745. The second kappa shape index (κ2) is 4.62. The maximum atomic E-state index is 6.33. The lowest BCUT2D eigenvalue weighted by Gasteiger charge is -2.18. The number of rotatable bonds is 1. The highest BCUT2D eigenvalue weighted by atomic mass is 35.5. The van der Waals surface area contributed by atoms with E-state index in [-0.39, 0.29) is 5.60 Å². The summed E-state index contributed by atoms with van der Waals surface area (Å²) in [5, 5.41) is 0.579. The Hall–Kier alpha value is -1.26. The van der Waals surface area contributed by atoms with Crippen LogP contribution in [0.25, 0.3) is 11.4 Å². The molecule has 0 unspecified atom stereocenters. The van der Waals surface area contributed by atoms with E-state index in [1.165, 1.54) is 5.56 Å². The molecule has 0 spiro atoms. The zero-order valence-electron chi connectivity index (χ0n) is 11.9. The van der Waals surface area contributed by atoms with Crippen molar-refractivity contribution in [2.75, 3.05) is 0 Å². The Labute approximate surface area is 133 Å². The van der Waals surface area contributed by atoms with Crippen LogP contribution in [-0.2, 0) is 17.9 Å². The third-order valence-corrected chi connectivity index (χ3v) is 5.14. The van der Waals surface area contributed by atoms with Crippen LogP contribution in [0.15, 0.2) is 18.2 Å². The van der Waals surface area contributed by atoms with Crippen molar-refractivity contribution in [2.45, 2.75) is 37.4 Å². The standard InChI is InChI=1S/C16H15ClN2OS/c1-16(2)6-9-4-3-5-10(13(9)20-16)15-18-12-8-21-7-11(12)14(17)19-15/h3-5H,6-8H2,1-2H3. The van der Waals surface area contributed by atoms with E-state index in [0.29, 0.717) is 11.0 Å². The van der Waals surface area contributed by atoms with Crippen LogP contribution in [-0.4, -0.2) is 15.6 Å². The molecule has 4 rings (SSSR count). The maximum Gasteiger partial charge on any atom is 0.164 e. The van der Waals surface area contributed by atoms with Gasteiger partial charge in [-0.3, -0.25) is 0 Å². The molecule has 0 N–H and O–H groups in total. The van der Waals surface area contributed by atoms with Crippen molar-refractivity contribution in [3.8, 4) is 17.1 Å². The van der Waals surface area contributed by atoms with Crippen molar-refractivity contribution in [3.63, 3.8) is 0 Å². The average molecular weight is 319 g/mol. The number of thioether (sulfide) groups is 1. The van der Waals surface area contributed by atoms with Gasteiger partial charge < -0.3 is 4.74 Å². The summed E-state index contributed by atoms with van der Waals surface area (Å²) in [7, 11) is 0. The van der Waals surface area contributed by atoms with E-state index in [1.807, 2.05) is 23.9 Å². The molecule has 0 fully saturated rings. The van der Waals surface area contributed by atoms with Gasteiger partial charge in [0, 0.05) is 23.5 Å². The van der Waals surface area contributed by atoms with Crippen molar-refractivity contribution in [1.29, 1.82) is 0 Å². The normalized spacial score (nSPS) is 18.2. The molecule has 0 saturated carbocycles. The van der Waals surface area contributed by atoms with E-state index in [2.05, 4.69) is 24.9 Å². The van der Waals surface area contributed by atoms with Crippen LogP contribution < -0.4 is 4.74 Å². The van der Waals surface area contributed by atoms with Gasteiger partial charge in [0.25, 0.3) is 0 Å². The van der Waals surface area contributed by atoms with Gasteiger partial charge >= 0.3 is 0 Å². The minimum atomic E-state index is -0.172. The quantitative estimate of drug-likeness (QED) is 0.736. The van der Waals surface area contributed by atoms with Crippen molar-refractivity contribution >= 4 is 23.4 Å². The molecule has 2 aromatic rings. The Morgan fingerprint density at radius 3 is 2.95 bits per heavy atom. The Morgan fingerprint density at radius 1 is 1.24 bits per heavy atom. The summed E-state index contributed by atoms with van der Waals surface area (Å²) in [6.45, 7) is 4.20. The van der Waals surface area contributed by atoms with Crippen molar-refractivity contribution < 1.29 is 4.74 Å². The zero-order valence-corrected chi connectivity index (χ0v) is 13.5. The first-order valence-electron chi connectivity index (χ1n) is 6.98. The van der Waals surface area contributed by atoms with Crippen LogP contribution in [0.5, 0.6) is 5.75 Å². The molecular formula is C16H15ClN2OS. The lowest BCUT2D eigenvalue weighted by molar-refractivity contribution is 0.139. The Morgan fingerprint density at radius 2 is 2.10 bits per heavy atom. The Balaban J connectivity index is 1.86. The van der Waals surface area contributed by atoms with E-state index >= 15 is 0 Å². The van der Waals surface area contributed by atoms with Gasteiger partial charge in [0.1, 0.15) is 16.5 Å². The van der Waals surface area contributed by atoms with Crippen molar-refractivity contribution in [2.24, 2.45) is 0 Å². The fourth-order valence-corrected chi connectivity index (χ4v) is 4.30. The summed E-state index contributed by atoms with van der Waals surface area (Å²) in [6.07, 6.45) is 0.907. The highest BCUT2D eigenvalue weighted by molar-refractivity contribution is 7.98. The number of halogens is 1. The SMILES string of the molecule is CC1(C)Cc2cccc(-c3nc(Cl)c4c(n3)CSC4)c2O1. The van der Waals surface area contributed by atoms with Gasteiger partial charge in [0.15, 0.2) is 5.82 Å². The molecule has 0 atom stereocenters. The van der Waals surface area contributed by atoms with E-state index in [1.54, 1.807) is 0 Å². The molecule has 108 valence electrons. The fraction of sp³-hybridized carbons (Fsp3) is 0.375. The van der Waals surface area contributed by atoms with Crippen LogP contribution in [0.3, 0.4) is 0 Å². The molecule has 3 nitrogen and oxygen atoms in total. The second-order valence-corrected chi connectivity index (χ2v) is 7.43. The summed E-state index contributed by atoms with van der Waals surface area (Å²) in [5.74, 6) is 3.40. The predicted octanol–water partition coefficient (Wildman–Crippen LogP) is 4.26. The van der Waals surface area contributed by atoms with Gasteiger partial charge in [-0.05, 0) is 25.5 Å². The van der Waals surface area contributed by atoms with E-state index < -0.39 is 0 Å². The van der Waals surface area contributed by atoms with Gasteiger partial charge in [0.2, 0.25) is 0 Å². The van der Waals surface area contributed by atoms with Crippen LogP contribution in [0, 0.1) is 0 Å². The molecule has 5 heteroatoms. The summed E-state index contributed by atoms with van der Waals surface area (Å²) >= 11 is 8.15. The predicted molar refractivity (Wildman–Crippen MR) is 85.9 cm³/mol. The van der Waals surface area contributed by atoms with Gasteiger partial charge in [-0.15, -0.1) is 0 Å². The molecule has 2 aliphatic heterocycles. The number of fused-ring (bicyclic) bond motifs is 2. The molecule has 3 heterocycles. The topological polar surface area (TPSA) is 35.0 Å². The van der Waals surface area contributed by atoms with Gasteiger partial charge in [-0.1, -0.05) is 23.7 Å². The van der Waals surface area contributed by atoms with E-state index in [9.17, 15) is 0 Å². The largest absolute Gasteiger partial charge is 0.486 e. The molecule has 1 aromatic carbocycles. The number of hydrogen-bond acceptors (Lipinski definition) is 4. The first kappa shape index (κ1) is 13.4. The third-order valence-electron chi connectivity index (χ3n) is 3.86.